The topological polar surface area (TPSA) is 157 Å². The van der Waals surface area contributed by atoms with Crippen molar-refractivity contribution in [3.8, 4) is 0 Å². The van der Waals surface area contributed by atoms with Crippen LogP contribution in [-0.4, -0.2) is 60.4 Å². The van der Waals surface area contributed by atoms with Gasteiger partial charge in [-0.3, -0.25) is 14.4 Å². The molecule has 3 N–H and O–H groups in total. The molecule has 0 saturated heterocycles. The third-order valence-corrected chi connectivity index (χ3v) is 4.55. The van der Waals surface area contributed by atoms with Crippen LogP contribution in [0.2, 0.25) is 0 Å². The van der Waals surface area contributed by atoms with Crippen molar-refractivity contribution < 1.29 is 38.2 Å². The van der Waals surface area contributed by atoms with Crippen LogP contribution >= 0.6 is 0 Å². The monoisotopic (exact) mass is 555 g/mol. The van der Waals surface area contributed by atoms with Crippen molar-refractivity contribution in [2.45, 2.75) is 112 Å². The fourth-order valence-electron chi connectivity index (χ4n) is 3.31. The van der Waals surface area contributed by atoms with Gasteiger partial charge in [0.05, 0.1) is 6.42 Å². The van der Waals surface area contributed by atoms with Crippen LogP contribution in [0.5, 0.6) is 0 Å². The highest BCUT2D eigenvalue weighted by Crippen LogP contribution is 2.24. The Morgan fingerprint density at radius 2 is 1.21 bits per heavy atom. The van der Waals surface area contributed by atoms with Gasteiger partial charge in [0.15, 0.2) is 0 Å². The molecule has 39 heavy (non-hydrogen) atoms. The standard InChI is InChI=1S/C27H49N3O6.CO2/c1-19(18-25(2,3)4)22(32)28-15-13-11-12-14-16-29-23(33)20(17-21(31)35-26(5,6)7)30-24(34)36-27(8,9)10;2-1-3/h11-12,19-20H,13-18H2,1-10H3,(H,28,32)(H,29,33)(H,30,34);/b12-11-;/t19-,20-;/m0./s1. The molecular weight excluding hydrogens is 506 g/mol. The van der Waals surface area contributed by atoms with Gasteiger partial charge in [-0.25, -0.2) is 4.79 Å². The number of carbonyl (C=O) groups excluding carboxylic acids is 6. The van der Waals surface area contributed by atoms with Gasteiger partial charge in [0.25, 0.3) is 0 Å². The van der Waals surface area contributed by atoms with Crippen LogP contribution in [0.3, 0.4) is 0 Å². The second-order valence-electron chi connectivity index (χ2n) is 12.4. The Kier molecular flexibility index (Phi) is 17.7. The quantitative estimate of drug-likeness (QED) is 0.187. The van der Waals surface area contributed by atoms with E-state index in [4.69, 9.17) is 19.1 Å². The Morgan fingerprint density at radius 1 is 0.769 bits per heavy atom. The Labute approximate surface area is 233 Å². The summed E-state index contributed by atoms with van der Waals surface area (Å²) < 4.78 is 10.5. The number of hydrogen-bond donors (Lipinski definition) is 3. The number of esters is 1. The minimum atomic E-state index is -1.12. The van der Waals surface area contributed by atoms with Crippen molar-refractivity contribution in [1.29, 1.82) is 0 Å². The Morgan fingerprint density at radius 3 is 1.62 bits per heavy atom. The fraction of sp³-hybridized carbons (Fsp3) is 0.750. The van der Waals surface area contributed by atoms with E-state index < -0.39 is 35.2 Å². The summed E-state index contributed by atoms with van der Waals surface area (Å²) in [5, 5.41) is 8.13. The molecule has 0 saturated carbocycles. The number of alkyl carbamates (subject to hydrolysis) is 1. The molecule has 0 fully saturated rings. The molecule has 224 valence electrons. The molecule has 2 atom stereocenters. The molecule has 0 aliphatic carbocycles. The predicted octanol–water partition coefficient (Wildman–Crippen LogP) is 3.67. The largest absolute Gasteiger partial charge is 0.460 e. The first-order chi connectivity index (χ1) is 17.7. The van der Waals surface area contributed by atoms with E-state index in [1.54, 1.807) is 41.5 Å². The Hall–Kier alpha value is -3.20. The zero-order valence-electron chi connectivity index (χ0n) is 25.3. The van der Waals surface area contributed by atoms with Crippen LogP contribution in [0.25, 0.3) is 0 Å². The first kappa shape index (κ1) is 37.9. The van der Waals surface area contributed by atoms with E-state index in [0.29, 0.717) is 25.9 Å². The lowest BCUT2D eigenvalue weighted by atomic mass is 9.85. The maximum atomic E-state index is 12.7. The lowest BCUT2D eigenvalue weighted by Gasteiger charge is -2.24. The number of hydrogen-bond acceptors (Lipinski definition) is 8. The third kappa shape index (κ3) is 24.9. The van der Waals surface area contributed by atoms with E-state index in [-0.39, 0.29) is 29.8 Å². The molecular formula is C28H49N3O8. The summed E-state index contributed by atoms with van der Waals surface area (Å²) in [6.45, 7) is 19.5. The van der Waals surface area contributed by atoms with Crippen LogP contribution in [0.1, 0.15) is 94.9 Å². The smallest absolute Gasteiger partial charge is 0.408 e. The number of carbonyl (C=O) groups is 4. The second kappa shape index (κ2) is 18.2. The minimum absolute atomic E-state index is 0.0351. The fourth-order valence-corrected chi connectivity index (χ4v) is 3.31. The van der Waals surface area contributed by atoms with E-state index in [1.165, 1.54) is 0 Å². The normalized spacial score (nSPS) is 13.2. The Bertz CT molecular complexity index is 812. The summed E-state index contributed by atoms with van der Waals surface area (Å²) in [5.41, 5.74) is -1.35. The highest BCUT2D eigenvalue weighted by Gasteiger charge is 2.28. The van der Waals surface area contributed by atoms with Gasteiger partial charge in [-0.1, -0.05) is 39.8 Å². The van der Waals surface area contributed by atoms with E-state index >= 15 is 0 Å². The van der Waals surface area contributed by atoms with E-state index in [1.807, 2.05) is 19.1 Å². The highest BCUT2D eigenvalue weighted by molar-refractivity contribution is 5.89. The van der Waals surface area contributed by atoms with Crippen LogP contribution in [-0.2, 0) is 33.4 Å². The van der Waals surface area contributed by atoms with Crippen LogP contribution in [0.4, 0.5) is 4.79 Å². The van der Waals surface area contributed by atoms with Crippen molar-refractivity contribution in [1.82, 2.24) is 16.0 Å². The maximum absolute atomic E-state index is 12.7. The van der Waals surface area contributed by atoms with E-state index in [2.05, 4.69) is 36.7 Å². The molecule has 0 heterocycles. The van der Waals surface area contributed by atoms with E-state index in [0.717, 1.165) is 6.42 Å². The average molecular weight is 556 g/mol. The van der Waals surface area contributed by atoms with Gasteiger partial charge in [-0.2, -0.15) is 9.59 Å². The summed E-state index contributed by atoms with van der Waals surface area (Å²) in [6, 6.07) is -1.12. The van der Waals surface area contributed by atoms with Crippen molar-refractivity contribution in [2.75, 3.05) is 13.1 Å². The third-order valence-electron chi connectivity index (χ3n) is 4.55. The first-order valence-electron chi connectivity index (χ1n) is 13.1. The summed E-state index contributed by atoms with van der Waals surface area (Å²) in [6.07, 6.45) is 5.07. The van der Waals surface area contributed by atoms with Gasteiger partial charge in [0.2, 0.25) is 11.8 Å². The van der Waals surface area contributed by atoms with Gasteiger partial charge in [-0.15, -0.1) is 0 Å². The molecule has 0 aliphatic rings. The number of nitrogens with one attached hydrogen (secondary N) is 3. The lowest BCUT2D eigenvalue weighted by molar-refractivity contribution is -0.191. The second-order valence-corrected chi connectivity index (χ2v) is 12.4. The number of rotatable bonds is 12. The summed E-state index contributed by atoms with van der Waals surface area (Å²) in [7, 11) is 0. The van der Waals surface area contributed by atoms with Gasteiger partial charge in [0.1, 0.15) is 17.2 Å². The molecule has 0 aromatic carbocycles. The van der Waals surface area contributed by atoms with E-state index in [9.17, 15) is 19.2 Å². The molecule has 0 rings (SSSR count). The maximum Gasteiger partial charge on any atom is 0.408 e. The van der Waals surface area contributed by atoms with Gasteiger partial charge < -0.3 is 25.4 Å². The minimum Gasteiger partial charge on any atom is -0.460 e. The molecule has 0 spiro atoms. The van der Waals surface area contributed by atoms with Gasteiger partial charge in [0, 0.05) is 19.0 Å². The molecule has 11 nitrogen and oxygen atoms in total. The summed E-state index contributed by atoms with van der Waals surface area (Å²) >= 11 is 0. The molecule has 0 aliphatic heterocycles. The average Bonchev–Trinajstić information content (AvgIpc) is 2.71. The van der Waals surface area contributed by atoms with Crippen LogP contribution in [0, 0.1) is 11.3 Å². The summed E-state index contributed by atoms with van der Waals surface area (Å²) in [5.74, 6) is -1.08. The van der Waals surface area contributed by atoms with Crippen molar-refractivity contribution in [2.24, 2.45) is 11.3 Å². The predicted molar refractivity (Wildman–Crippen MR) is 146 cm³/mol. The van der Waals surface area contributed by atoms with Crippen LogP contribution in [0.15, 0.2) is 12.2 Å². The van der Waals surface area contributed by atoms with Crippen molar-refractivity contribution in [3.05, 3.63) is 12.2 Å². The van der Waals surface area contributed by atoms with Gasteiger partial charge >= 0.3 is 18.2 Å². The SMILES string of the molecule is C[C@@H](CC(C)(C)C)C(=O)NCC/C=C\CCNC(=O)[C@H](CC(=O)OC(C)(C)C)NC(=O)OC(C)(C)C.O=C=O. The highest BCUT2D eigenvalue weighted by atomic mass is 16.6. The van der Waals surface area contributed by atoms with Crippen molar-refractivity contribution >= 4 is 30.0 Å². The molecule has 0 unspecified atom stereocenters. The number of ether oxygens (including phenoxy) is 2. The molecule has 11 heteroatoms. The van der Waals surface area contributed by atoms with Crippen molar-refractivity contribution in [3.63, 3.8) is 0 Å². The Balaban J connectivity index is 0. The van der Waals surface area contributed by atoms with Crippen LogP contribution < -0.4 is 16.0 Å². The molecule has 0 radical (unpaired) electrons. The first-order valence-corrected chi connectivity index (χ1v) is 13.1. The summed E-state index contributed by atoms with van der Waals surface area (Å²) in [4.78, 5) is 65.5. The lowest BCUT2D eigenvalue weighted by Crippen LogP contribution is -2.49. The van der Waals surface area contributed by atoms with Gasteiger partial charge in [-0.05, 0) is 66.2 Å². The molecule has 0 bridgehead atoms. The zero-order valence-corrected chi connectivity index (χ0v) is 25.3. The molecule has 0 aromatic rings. The molecule has 3 amide bonds. The zero-order chi connectivity index (χ0) is 30.9. The molecule has 0 aromatic heterocycles. The number of amides is 3.